The number of ether oxygens (including phenoxy) is 1. The molecular weight excluding hydrogens is 337 g/mol. The van der Waals surface area contributed by atoms with Crippen LogP contribution in [0, 0.1) is 5.82 Å². The molecule has 1 aromatic heterocycles. The van der Waals surface area contributed by atoms with Crippen molar-refractivity contribution in [2.24, 2.45) is 0 Å². The van der Waals surface area contributed by atoms with Gasteiger partial charge in [0, 0.05) is 37.2 Å². The smallest absolute Gasteiger partial charge is 0.239 e. The molecule has 2 aromatic rings. The van der Waals surface area contributed by atoms with Gasteiger partial charge in [-0.3, -0.25) is 9.69 Å². The molecule has 1 unspecified atom stereocenters. The van der Waals surface area contributed by atoms with Crippen molar-refractivity contribution in [2.75, 3.05) is 32.8 Å². The molecular formula is C19H22FN3O3. The van der Waals surface area contributed by atoms with Crippen molar-refractivity contribution in [3.05, 3.63) is 41.4 Å². The van der Waals surface area contributed by atoms with E-state index in [4.69, 9.17) is 9.26 Å². The summed E-state index contributed by atoms with van der Waals surface area (Å²) in [6, 6.07) is 6.11. The number of morpholine rings is 1. The van der Waals surface area contributed by atoms with Crippen LogP contribution in [0.2, 0.25) is 0 Å². The molecule has 0 saturated carbocycles. The molecule has 138 valence electrons. The molecule has 0 N–H and O–H groups in total. The van der Waals surface area contributed by atoms with E-state index in [0.717, 1.165) is 24.4 Å². The minimum absolute atomic E-state index is 0.101. The van der Waals surface area contributed by atoms with Crippen LogP contribution in [-0.4, -0.2) is 59.8 Å². The summed E-state index contributed by atoms with van der Waals surface area (Å²) in [6.07, 6.45) is 0.624. The third-order valence-electron chi connectivity index (χ3n) is 5.19. The lowest BCUT2D eigenvalue weighted by molar-refractivity contribution is -0.139. The molecule has 0 spiro atoms. The standard InChI is InChI=1S/C19H22FN3O3/c1-13(22-7-9-25-10-8-22)19(24)23-6-5-17-16(12-23)18(21-26-17)14-3-2-4-15(20)11-14/h2-4,11,13H,5-10,12H2,1H3. The first-order valence-electron chi connectivity index (χ1n) is 8.97. The number of aromatic nitrogens is 1. The Labute approximate surface area is 151 Å². The van der Waals surface area contributed by atoms with Crippen LogP contribution in [0.4, 0.5) is 4.39 Å². The highest BCUT2D eigenvalue weighted by atomic mass is 19.1. The first-order valence-corrected chi connectivity index (χ1v) is 8.97. The van der Waals surface area contributed by atoms with Crippen LogP contribution >= 0.6 is 0 Å². The quantitative estimate of drug-likeness (QED) is 0.840. The summed E-state index contributed by atoms with van der Waals surface area (Å²) in [4.78, 5) is 17.0. The first kappa shape index (κ1) is 17.2. The predicted molar refractivity (Wildman–Crippen MR) is 92.9 cm³/mol. The largest absolute Gasteiger partial charge is 0.379 e. The molecule has 2 aliphatic heterocycles. The normalized spacial score (nSPS) is 19.2. The minimum atomic E-state index is -0.316. The Kier molecular flexibility index (Phi) is 4.74. The summed E-state index contributed by atoms with van der Waals surface area (Å²) in [5.74, 6) is 0.570. The number of carbonyl (C=O) groups excluding carboxylic acids is 1. The maximum absolute atomic E-state index is 13.6. The summed E-state index contributed by atoms with van der Waals surface area (Å²) >= 11 is 0. The van der Waals surface area contributed by atoms with Crippen molar-refractivity contribution in [1.29, 1.82) is 0 Å². The van der Waals surface area contributed by atoms with Gasteiger partial charge in [0.25, 0.3) is 0 Å². The van der Waals surface area contributed by atoms with Crippen LogP contribution in [0.3, 0.4) is 0 Å². The van der Waals surface area contributed by atoms with Crippen molar-refractivity contribution in [1.82, 2.24) is 15.0 Å². The van der Waals surface area contributed by atoms with Gasteiger partial charge in [0.05, 0.1) is 25.8 Å². The molecule has 1 saturated heterocycles. The monoisotopic (exact) mass is 359 g/mol. The predicted octanol–water partition coefficient (Wildman–Crippen LogP) is 2.09. The fourth-order valence-corrected chi connectivity index (χ4v) is 3.65. The van der Waals surface area contributed by atoms with Crippen LogP contribution in [0.5, 0.6) is 0 Å². The molecule has 2 aliphatic rings. The maximum atomic E-state index is 13.6. The van der Waals surface area contributed by atoms with E-state index in [-0.39, 0.29) is 17.8 Å². The number of rotatable bonds is 3. The number of hydrogen-bond donors (Lipinski definition) is 0. The number of hydrogen-bond acceptors (Lipinski definition) is 5. The Hall–Kier alpha value is -2.25. The van der Waals surface area contributed by atoms with Gasteiger partial charge in [0.1, 0.15) is 17.3 Å². The second-order valence-electron chi connectivity index (χ2n) is 6.78. The molecule has 6 nitrogen and oxygen atoms in total. The lowest BCUT2D eigenvalue weighted by Gasteiger charge is -2.35. The molecule has 1 amide bonds. The number of halogens is 1. The van der Waals surface area contributed by atoms with E-state index in [1.807, 2.05) is 11.8 Å². The van der Waals surface area contributed by atoms with E-state index < -0.39 is 0 Å². The first-order chi connectivity index (χ1) is 12.6. The van der Waals surface area contributed by atoms with E-state index in [1.54, 1.807) is 12.1 Å². The Morgan fingerprint density at radius 2 is 2.08 bits per heavy atom. The Bertz CT molecular complexity index is 801. The summed E-state index contributed by atoms with van der Waals surface area (Å²) < 4.78 is 24.4. The van der Waals surface area contributed by atoms with Gasteiger partial charge in [-0.05, 0) is 19.1 Å². The van der Waals surface area contributed by atoms with Crippen molar-refractivity contribution >= 4 is 5.91 Å². The van der Waals surface area contributed by atoms with Crippen molar-refractivity contribution in [3.63, 3.8) is 0 Å². The Morgan fingerprint density at radius 1 is 1.27 bits per heavy atom. The second-order valence-corrected chi connectivity index (χ2v) is 6.78. The van der Waals surface area contributed by atoms with Gasteiger partial charge < -0.3 is 14.2 Å². The Morgan fingerprint density at radius 3 is 2.85 bits per heavy atom. The molecule has 0 bridgehead atoms. The average Bonchev–Trinajstić information content (AvgIpc) is 3.10. The zero-order chi connectivity index (χ0) is 18.1. The Balaban J connectivity index is 1.53. The third-order valence-corrected chi connectivity index (χ3v) is 5.19. The fourth-order valence-electron chi connectivity index (χ4n) is 3.65. The lowest BCUT2D eigenvalue weighted by atomic mass is 10.0. The van der Waals surface area contributed by atoms with Gasteiger partial charge in [-0.1, -0.05) is 17.3 Å². The van der Waals surface area contributed by atoms with Crippen molar-refractivity contribution in [3.8, 4) is 11.3 Å². The second kappa shape index (κ2) is 7.17. The molecule has 3 heterocycles. The number of benzene rings is 1. The summed E-state index contributed by atoms with van der Waals surface area (Å²) in [7, 11) is 0. The summed E-state index contributed by atoms with van der Waals surface area (Å²) in [5.41, 5.74) is 2.17. The van der Waals surface area contributed by atoms with Gasteiger partial charge >= 0.3 is 0 Å². The fraction of sp³-hybridized carbons (Fsp3) is 0.474. The average molecular weight is 359 g/mol. The summed E-state index contributed by atoms with van der Waals surface area (Å²) in [6.45, 7) is 5.87. The van der Waals surface area contributed by atoms with Gasteiger partial charge in [-0.25, -0.2) is 4.39 Å². The van der Waals surface area contributed by atoms with E-state index in [2.05, 4.69) is 10.1 Å². The SMILES string of the molecule is CC(C(=O)N1CCc2onc(-c3cccc(F)c3)c2C1)N1CCOCC1. The third kappa shape index (κ3) is 3.24. The van der Waals surface area contributed by atoms with Crippen LogP contribution < -0.4 is 0 Å². The molecule has 7 heteroatoms. The highest BCUT2D eigenvalue weighted by molar-refractivity contribution is 5.82. The number of nitrogens with zero attached hydrogens (tertiary/aromatic N) is 3. The van der Waals surface area contributed by atoms with Gasteiger partial charge in [0.2, 0.25) is 5.91 Å². The number of fused-ring (bicyclic) bond motifs is 1. The van der Waals surface area contributed by atoms with Crippen LogP contribution in [-0.2, 0) is 22.5 Å². The van der Waals surface area contributed by atoms with Crippen LogP contribution in [0.25, 0.3) is 11.3 Å². The molecule has 1 aromatic carbocycles. The molecule has 4 rings (SSSR count). The molecule has 0 aliphatic carbocycles. The van der Waals surface area contributed by atoms with E-state index in [1.165, 1.54) is 12.1 Å². The molecule has 0 radical (unpaired) electrons. The van der Waals surface area contributed by atoms with Crippen molar-refractivity contribution < 1.29 is 18.4 Å². The highest BCUT2D eigenvalue weighted by Crippen LogP contribution is 2.30. The van der Waals surface area contributed by atoms with Gasteiger partial charge in [0.15, 0.2) is 0 Å². The zero-order valence-corrected chi connectivity index (χ0v) is 14.8. The van der Waals surface area contributed by atoms with E-state index >= 15 is 0 Å². The van der Waals surface area contributed by atoms with Crippen LogP contribution in [0.15, 0.2) is 28.8 Å². The highest BCUT2D eigenvalue weighted by Gasteiger charge is 2.32. The lowest BCUT2D eigenvalue weighted by Crippen LogP contribution is -2.51. The summed E-state index contributed by atoms with van der Waals surface area (Å²) in [5, 5.41) is 4.13. The molecule has 26 heavy (non-hydrogen) atoms. The molecule has 1 fully saturated rings. The van der Waals surface area contributed by atoms with Crippen LogP contribution in [0.1, 0.15) is 18.2 Å². The van der Waals surface area contributed by atoms with Gasteiger partial charge in [-0.15, -0.1) is 0 Å². The minimum Gasteiger partial charge on any atom is -0.379 e. The number of amides is 1. The molecule has 1 atom stereocenters. The topological polar surface area (TPSA) is 58.8 Å². The zero-order valence-electron chi connectivity index (χ0n) is 14.8. The van der Waals surface area contributed by atoms with Gasteiger partial charge in [-0.2, -0.15) is 0 Å². The maximum Gasteiger partial charge on any atom is 0.239 e. The van der Waals surface area contributed by atoms with Crippen molar-refractivity contribution in [2.45, 2.75) is 25.9 Å². The van der Waals surface area contributed by atoms with E-state index in [0.29, 0.717) is 44.0 Å². The van der Waals surface area contributed by atoms with E-state index in [9.17, 15) is 9.18 Å². The number of carbonyl (C=O) groups is 1.